The minimum absolute atomic E-state index is 0.0484. The predicted molar refractivity (Wildman–Crippen MR) is 49.9 cm³/mol. The van der Waals surface area contributed by atoms with E-state index < -0.39 is 0 Å². The van der Waals surface area contributed by atoms with Crippen LogP contribution < -0.4 is 5.30 Å². The minimum Gasteiger partial charge on any atom is -0.0836 e. The molecule has 0 bridgehead atoms. The van der Waals surface area contributed by atoms with Crippen molar-refractivity contribution in [2.24, 2.45) is 0 Å². The lowest BCUT2D eigenvalue weighted by atomic mass is 10.4. The molecule has 0 amide bonds. The topological polar surface area (TPSA) is 0 Å². The molecular weight excluding hydrogens is 163 g/mol. The van der Waals surface area contributed by atoms with E-state index in [1.165, 1.54) is 5.30 Å². The molecule has 0 N–H and O–H groups in total. The first-order valence-electron chi connectivity index (χ1n) is 3.13. The van der Waals surface area contributed by atoms with Crippen LogP contribution in [0.5, 0.6) is 0 Å². The van der Waals surface area contributed by atoms with E-state index in [2.05, 4.69) is 19.4 Å². The number of hydrogen-bond acceptors (Lipinski definition) is 0. The summed E-state index contributed by atoms with van der Waals surface area (Å²) in [5, 5.41) is 2.19. The van der Waals surface area contributed by atoms with Crippen LogP contribution in [0.25, 0.3) is 0 Å². The molecule has 0 spiro atoms. The molecule has 0 unspecified atom stereocenters. The molecule has 0 saturated carbocycles. The Morgan fingerprint density at radius 3 is 2.20 bits per heavy atom. The van der Waals surface area contributed by atoms with Gasteiger partial charge in [-0.25, -0.2) is 0 Å². The third-order valence-electron chi connectivity index (χ3n) is 1.33. The monoisotopic (exact) mass is 172 g/mol. The lowest BCUT2D eigenvalue weighted by molar-refractivity contribution is 1.76. The zero-order valence-corrected chi connectivity index (χ0v) is 7.78. The van der Waals surface area contributed by atoms with Crippen LogP contribution in [0.4, 0.5) is 0 Å². The molecule has 0 aliphatic heterocycles. The molecule has 2 heteroatoms. The molecule has 10 heavy (non-hydrogen) atoms. The first-order valence-corrected chi connectivity index (χ1v) is 5.75. The molecule has 0 fully saturated rings. The Kier molecular flexibility index (Phi) is 2.71. The van der Waals surface area contributed by atoms with E-state index in [-0.39, 0.29) is 7.92 Å². The van der Waals surface area contributed by atoms with Gasteiger partial charge in [-0.15, -0.1) is 0 Å². The molecule has 1 aromatic carbocycles. The summed E-state index contributed by atoms with van der Waals surface area (Å²) in [5.74, 6) is 0. The van der Waals surface area contributed by atoms with Gasteiger partial charge < -0.3 is 0 Å². The van der Waals surface area contributed by atoms with Crippen molar-refractivity contribution in [1.82, 2.24) is 0 Å². The van der Waals surface area contributed by atoms with Crippen LogP contribution in [0.1, 0.15) is 0 Å². The van der Waals surface area contributed by atoms with Crippen LogP contribution in [-0.4, -0.2) is 13.3 Å². The first kappa shape index (κ1) is 8.04. The zero-order valence-electron chi connectivity index (χ0n) is 6.13. The van der Waals surface area contributed by atoms with E-state index in [0.29, 0.717) is 0 Å². The quantitative estimate of drug-likeness (QED) is 0.572. The van der Waals surface area contributed by atoms with Crippen LogP contribution >= 0.6 is 19.5 Å². The molecule has 54 valence electrons. The average molecular weight is 173 g/mol. The largest absolute Gasteiger partial charge is 0.0836 e. The number of benzene rings is 1. The van der Waals surface area contributed by atoms with Crippen molar-refractivity contribution in [3.8, 4) is 0 Å². The highest BCUT2D eigenvalue weighted by molar-refractivity contribution is 7.64. The average Bonchev–Trinajstić information content (AvgIpc) is 1.88. The summed E-state index contributed by atoms with van der Waals surface area (Å²) in [7, 11) is -0.0484. The highest BCUT2D eigenvalue weighted by Crippen LogP contribution is 2.27. The molecule has 0 atom stereocenters. The van der Waals surface area contributed by atoms with Gasteiger partial charge >= 0.3 is 0 Å². The highest BCUT2D eigenvalue weighted by Gasteiger charge is 2.00. The Bertz CT molecular complexity index is 220. The van der Waals surface area contributed by atoms with Crippen LogP contribution in [-0.2, 0) is 0 Å². The van der Waals surface area contributed by atoms with E-state index >= 15 is 0 Å². The SMILES string of the molecule is CP(C)c1ccccc1Cl. The zero-order chi connectivity index (χ0) is 7.56. The van der Waals surface area contributed by atoms with Crippen molar-refractivity contribution >= 4 is 24.8 Å². The summed E-state index contributed by atoms with van der Waals surface area (Å²) in [6, 6.07) is 8.03. The Balaban J connectivity index is 3.03. The van der Waals surface area contributed by atoms with E-state index in [1.54, 1.807) is 0 Å². The molecule has 1 rings (SSSR count). The number of rotatable bonds is 1. The maximum atomic E-state index is 5.94. The van der Waals surface area contributed by atoms with E-state index in [0.717, 1.165) is 5.02 Å². The molecule has 0 heterocycles. The summed E-state index contributed by atoms with van der Waals surface area (Å²) < 4.78 is 0. The third kappa shape index (κ3) is 1.71. The summed E-state index contributed by atoms with van der Waals surface area (Å²) in [6.45, 7) is 4.41. The second kappa shape index (κ2) is 3.37. The third-order valence-corrected chi connectivity index (χ3v) is 3.15. The van der Waals surface area contributed by atoms with Crippen LogP contribution in [0.3, 0.4) is 0 Å². The summed E-state index contributed by atoms with van der Waals surface area (Å²) in [4.78, 5) is 0. The highest BCUT2D eigenvalue weighted by atomic mass is 35.5. The lowest BCUT2D eigenvalue weighted by Gasteiger charge is -2.06. The summed E-state index contributed by atoms with van der Waals surface area (Å²) >= 11 is 5.94. The Hall–Kier alpha value is -0.0600. The van der Waals surface area contributed by atoms with Gasteiger partial charge in [-0.3, -0.25) is 0 Å². The van der Waals surface area contributed by atoms with E-state index in [9.17, 15) is 0 Å². The van der Waals surface area contributed by atoms with Crippen molar-refractivity contribution < 1.29 is 0 Å². The molecule has 0 nitrogen and oxygen atoms in total. The van der Waals surface area contributed by atoms with Gasteiger partial charge in [-0.05, 0) is 24.7 Å². The molecule has 0 aliphatic carbocycles. The van der Waals surface area contributed by atoms with Gasteiger partial charge in [0.1, 0.15) is 0 Å². The minimum atomic E-state index is -0.0484. The fourth-order valence-corrected chi connectivity index (χ4v) is 2.34. The lowest BCUT2D eigenvalue weighted by Crippen LogP contribution is -1.98. The van der Waals surface area contributed by atoms with Crippen molar-refractivity contribution in [3.05, 3.63) is 29.3 Å². The normalized spacial score (nSPS) is 10.4. The van der Waals surface area contributed by atoms with Gasteiger partial charge in [0, 0.05) is 5.02 Å². The van der Waals surface area contributed by atoms with E-state index in [1.807, 2.05) is 18.2 Å². The second-order valence-electron chi connectivity index (χ2n) is 2.35. The second-order valence-corrected chi connectivity index (χ2v) is 5.02. The van der Waals surface area contributed by atoms with Crippen LogP contribution in [0.2, 0.25) is 5.02 Å². The van der Waals surface area contributed by atoms with Gasteiger partial charge in [0.2, 0.25) is 0 Å². The standard InChI is InChI=1S/C8H10ClP/c1-10(2)8-6-4-3-5-7(8)9/h3-6H,1-2H3. The fraction of sp³-hybridized carbons (Fsp3) is 0.250. The molecule has 0 aliphatic rings. The molecule has 0 radical (unpaired) electrons. The van der Waals surface area contributed by atoms with Gasteiger partial charge in [0.25, 0.3) is 0 Å². The van der Waals surface area contributed by atoms with Crippen molar-refractivity contribution in [1.29, 1.82) is 0 Å². The number of hydrogen-bond donors (Lipinski definition) is 0. The van der Waals surface area contributed by atoms with Crippen molar-refractivity contribution in [2.75, 3.05) is 13.3 Å². The Morgan fingerprint density at radius 1 is 1.20 bits per heavy atom. The number of halogens is 1. The van der Waals surface area contributed by atoms with Gasteiger partial charge in [-0.1, -0.05) is 37.7 Å². The molecule has 0 aromatic heterocycles. The van der Waals surface area contributed by atoms with Gasteiger partial charge in [0.05, 0.1) is 0 Å². The van der Waals surface area contributed by atoms with Crippen LogP contribution in [0, 0.1) is 0 Å². The van der Waals surface area contributed by atoms with Crippen LogP contribution in [0.15, 0.2) is 24.3 Å². The van der Waals surface area contributed by atoms with Gasteiger partial charge in [-0.2, -0.15) is 0 Å². The van der Waals surface area contributed by atoms with Crippen molar-refractivity contribution in [3.63, 3.8) is 0 Å². The smallest absolute Gasteiger partial charge is 0.0482 e. The van der Waals surface area contributed by atoms with E-state index in [4.69, 9.17) is 11.6 Å². The first-order chi connectivity index (χ1) is 4.72. The maximum Gasteiger partial charge on any atom is 0.0482 e. The molecular formula is C8H10ClP. The maximum absolute atomic E-state index is 5.94. The molecule has 0 saturated heterocycles. The fourth-order valence-electron chi connectivity index (χ4n) is 0.814. The Labute approximate surface area is 68.0 Å². The summed E-state index contributed by atoms with van der Waals surface area (Å²) in [6.07, 6.45) is 0. The Morgan fingerprint density at radius 2 is 1.80 bits per heavy atom. The predicted octanol–water partition coefficient (Wildman–Crippen LogP) is 2.71. The summed E-state index contributed by atoms with van der Waals surface area (Å²) in [5.41, 5.74) is 0. The van der Waals surface area contributed by atoms with Gasteiger partial charge in [0.15, 0.2) is 0 Å². The van der Waals surface area contributed by atoms with Crippen molar-refractivity contribution in [2.45, 2.75) is 0 Å². The molecule has 1 aromatic rings.